The van der Waals surface area contributed by atoms with Crippen molar-refractivity contribution in [2.45, 2.75) is 84.3 Å². The van der Waals surface area contributed by atoms with Crippen LogP contribution in [0.5, 0.6) is 0 Å². The summed E-state index contributed by atoms with van der Waals surface area (Å²) in [7, 11) is 0. The molecule has 1 atom stereocenters. The van der Waals surface area contributed by atoms with Gasteiger partial charge in [-0.15, -0.1) is 11.3 Å². The number of carbonyl (C=O) groups is 2. The summed E-state index contributed by atoms with van der Waals surface area (Å²) in [5.41, 5.74) is 5.78. The molecule has 2 aliphatic rings. The summed E-state index contributed by atoms with van der Waals surface area (Å²) in [4.78, 5) is 51.3. The molecule has 198 valence electrons. The van der Waals surface area contributed by atoms with Gasteiger partial charge < -0.3 is 10.5 Å². The van der Waals surface area contributed by atoms with Crippen LogP contribution in [0.1, 0.15) is 62.9 Å². The number of rotatable bonds is 5. The van der Waals surface area contributed by atoms with E-state index in [2.05, 4.69) is 5.43 Å². The number of carbonyl (C=O) groups excluding carboxylic acids is 2. The fourth-order valence-electron chi connectivity index (χ4n) is 4.39. The van der Waals surface area contributed by atoms with E-state index in [0.717, 1.165) is 38.3 Å². The summed E-state index contributed by atoms with van der Waals surface area (Å²) in [5, 5.41) is 0.906. The van der Waals surface area contributed by atoms with Gasteiger partial charge >= 0.3 is 24.0 Å². The molecule has 2 heterocycles. The summed E-state index contributed by atoms with van der Waals surface area (Å²) in [6.45, 7) is 5.56. The number of hydrogen-bond acceptors (Lipinski definition) is 6. The first-order valence-electron chi connectivity index (χ1n) is 11.4. The van der Waals surface area contributed by atoms with Crippen LogP contribution in [0.15, 0.2) is 9.59 Å². The number of thiophene rings is 1. The topological polar surface area (TPSA) is 129 Å². The molecule has 2 aliphatic carbocycles. The third-order valence-electron chi connectivity index (χ3n) is 6.50. The molecule has 0 saturated heterocycles. The lowest BCUT2D eigenvalue weighted by Crippen LogP contribution is -2.49. The molecule has 4 rings (SSSR count). The molecule has 0 aromatic carbocycles. The maximum Gasteiger partial charge on any atom is 0.426 e. The number of amides is 3. The number of halogens is 3. The van der Waals surface area contributed by atoms with Crippen LogP contribution in [0, 0.1) is 12.3 Å². The Morgan fingerprint density at radius 2 is 1.89 bits per heavy atom. The smallest absolute Gasteiger partial charge is 0.426 e. The molecule has 10 nitrogen and oxygen atoms in total. The molecule has 2 aromatic heterocycles. The minimum atomic E-state index is -4.50. The zero-order chi connectivity index (χ0) is 26.8. The maximum absolute atomic E-state index is 13.4. The number of primary amides is 1. The molecule has 0 radical (unpaired) electrons. The van der Waals surface area contributed by atoms with Crippen molar-refractivity contribution in [2.24, 2.45) is 11.1 Å². The molecular weight excluding hydrogens is 503 g/mol. The Labute approximate surface area is 207 Å². The Bertz CT molecular complexity index is 1350. The van der Waals surface area contributed by atoms with Crippen LogP contribution in [-0.4, -0.2) is 38.0 Å². The fraction of sp³-hybridized carbons (Fsp3) is 0.636. The van der Waals surface area contributed by atoms with Gasteiger partial charge in [-0.2, -0.15) is 13.2 Å². The number of nitrogens with one attached hydrogen (secondary N) is 1. The van der Waals surface area contributed by atoms with Crippen molar-refractivity contribution >= 4 is 33.7 Å². The fourth-order valence-corrected chi connectivity index (χ4v) is 5.69. The van der Waals surface area contributed by atoms with Crippen LogP contribution in [0.2, 0.25) is 0 Å². The number of nitrogens with zero attached hydrogens (tertiary/aromatic N) is 3. The number of urea groups is 1. The van der Waals surface area contributed by atoms with E-state index in [4.69, 9.17) is 10.5 Å². The van der Waals surface area contributed by atoms with E-state index in [-0.39, 0.29) is 28.2 Å². The average Bonchev–Trinajstić information content (AvgIpc) is 3.60. The molecule has 3 N–H and O–H groups in total. The zero-order valence-corrected chi connectivity index (χ0v) is 21.1. The van der Waals surface area contributed by atoms with Crippen molar-refractivity contribution in [3.05, 3.63) is 31.3 Å². The Kier molecular flexibility index (Phi) is 6.17. The highest BCUT2D eigenvalue weighted by Crippen LogP contribution is 2.72. The maximum atomic E-state index is 13.4. The van der Waals surface area contributed by atoms with Gasteiger partial charge in [0.05, 0.1) is 18.4 Å². The van der Waals surface area contributed by atoms with Gasteiger partial charge in [0, 0.05) is 17.5 Å². The number of hydrazine groups is 1. The molecule has 2 fully saturated rings. The summed E-state index contributed by atoms with van der Waals surface area (Å²) < 4.78 is 46.4. The first-order valence-corrected chi connectivity index (χ1v) is 12.3. The summed E-state index contributed by atoms with van der Waals surface area (Å²) >= 11 is 0.912. The van der Waals surface area contributed by atoms with Gasteiger partial charge in [0.2, 0.25) is 0 Å². The third-order valence-corrected chi connectivity index (χ3v) is 7.80. The molecule has 1 spiro atoms. The van der Waals surface area contributed by atoms with E-state index >= 15 is 0 Å². The normalized spacial score (nSPS) is 18.4. The van der Waals surface area contributed by atoms with Crippen LogP contribution < -0.4 is 22.4 Å². The number of nitrogens with two attached hydrogens (primary N) is 1. The molecular formula is C22H28F3N5O5S. The van der Waals surface area contributed by atoms with Crippen LogP contribution >= 0.6 is 11.3 Å². The molecule has 0 bridgehead atoms. The highest BCUT2D eigenvalue weighted by molar-refractivity contribution is 7.18. The monoisotopic (exact) mass is 531 g/mol. The van der Waals surface area contributed by atoms with Crippen molar-refractivity contribution in [1.82, 2.24) is 19.6 Å². The SMILES string of the molecule is Cc1c(CN(NC(=O)OC(C)(C)C)C(N)=O)sc2c1c(=O)n(C1CC13CC3)c(=O)n2CCC(F)(F)F. The predicted octanol–water partition coefficient (Wildman–Crippen LogP) is 3.53. The molecule has 0 aliphatic heterocycles. The second-order valence-electron chi connectivity index (χ2n) is 10.4. The van der Waals surface area contributed by atoms with Gasteiger partial charge in [0.15, 0.2) is 0 Å². The van der Waals surface area contributed by atoms with Gasteiger partial charge in [0.25, 0.3) is 5.56 Å². The van der Waals surface area contributed by atoms with E-state index < -0.39 is 48.1 Å². The van der Waals surface area contributed by atoms with Crippen LogP contribution in [-0.2, 0) is 17.8 Å². The minimum Gasteiger partial charge on any atom is -0.443 e. The number of aromatic nitrogens is 2. The van der Waals surface area contributed by atoms with Crippen molar-refractivity contribution in [2.75, 3.05) is 0 Å². The van der Waals surface area contributed by atoms with E-state index in [1.807, 2.05) is 0 Å². The Morgan fingerprint density at radius 1 is 1.25 bits per heavy atom. The number of fused-ring (bicyclic) bond motifs is 1. The summed E-state index contributed by atoms with van der Waals surface area (Å²) in [6, 6.07) is -1.34. The summed E-state index contributed by atoms with van der Waals surface area (Å²) in [6.07, 6.45) is -4.27. The second-order valence-corrected chi connectivity index (χ2v) is 11.5. The van der Waals surface area contributed by atoms with Gasteiger partial charge in [-0.25, -0.2) is 24.8 Å². The highest BCUT2D eigenvalue weighted by atomic mass is 32.1. The van der Waals surface area contributed by atoms with Crippen molar-refractivity contribution in [1.29, 1.82) is 0 Å². The molecule has 3 amide bonds. The summed E-state index contributed by atoms with van der Waals surface area (Å²) in [5.74, 6) is 0. The van der Waals surface area contributed by atoms with Crippen molar-refractivity contribution in [3.63, 3.8) is 0 Å². The quantitative estimate of drug-likeness (QED) is 0.571. The standard InChI is InChI=1S/C22H28F3N5O5S/c1-11-12(10-29(17(26)32)27-18(33)35-20(2,3)4)36-16-14(11)15(31)30(13-9-21(13)5-6-21)19(34)28(16)8-7-22(23,24)25/h13H,5-10H2,1-4H3,(H2,26,32)(H,27,33). The van der Waals surface area contributed by atoms with Crippen molar-refractivity contribution in [3.8, 4) is 0 Å². The molecule has 1 unspecified atom stereocenters. The molecule has 14 heteroatoms. The number of ether oxygens (including phenoxy) is 1. The first-order chi connectivity index (χ1) is 16.5. The minimum absolute atomic E-state index is 0.0881. The molecule has 2 aromatic rings. The van der Waals surface area contributed by atoms with E-state index in [1.54, 1.807) is 27.7 Å². The Morgan fingerprint density at radius 3 is 2.39 bits per heavy atom. The lowest BCUT2D eigenvalue weighted by atomic mass is 10.2. The lowest BCUT2D eigenvalue weighted by molar-refractivity contribution is -0.136. The van der Waals surface area contributed by atoms with Gasteiger partial charge in [0.1, 0.15) is 10.4 Å². The van der Waals surface area contributed by atoms with Crippen molar-refractivity contribution < 1.29 is 27.5 Å². The number of alkyl halides is 3. The van der Waals surface area contributed by atoms with Crippen LogP contribution in [0.3, 0.4) is 0 Å². The average molecular weight is 532 g/mol. The van der Waals surface area contributed by atoms with Gasteiger partial charge in [-0.3, -0.25) is 13.9 Å². The second kappa shape index (κ2) is 8.53. The van der Waals surface area contributed by atoms with E-state index in [9.17, 15) is 32.3 Å². The first kappa shape index (κ1) is 26.0. The third kappa shape index (κ3) is 5.08. The van der Waals surface area contributed by atoms with Gasteiger partial charge in [-0.05, 0) is 57.9 Å². The lowest BCUT2D eigenvalue weighted by Gasteiger charge is -2.24. The van der Waals surface area contributed by atoms with Crippen LogP contribution in [0.4, 0.5) is 22.8 Å². The Hall–Kier alpha value is -3.03. The van der Waals surface area contributed by atoms with Crippen LogP contribution in [0.25, 0.3) is 10.2 Å². The van der Waals surface area contributed by atoms with E-state index in [1.165, 1.54) is 0 Å². The largest absolute Gasteiger partial charge is 0.443 e. The number of aryl methyl sites for hydroxylation is 2. The zero-order valence-electron chi connectivity index (χ0n) is 20.3. The predicted molar refractivity (Wildman–Crippen MR) is 126 cm³/mol. The molecule has 36 heavy (non-hydrogen) atoms. The van der Waals surface area contributed by atoms with Gasteiger partial charge in [-0.1, -0.05) is 0 Å². The highest BCUT2D eigenvalue weighted by Gasteiger charge is 2.64. The Balaban J connectivity index is 1.76. The van der Waals surface area contributed by atoms with E-state index in [0.29, 0.717) is 16.9 Å². The number of hydrogen-bond donors (Lipinski definition) is 2. The molecule has 2 saturated carbocycles.